The average molecular weight is 259 g/mol. The van der Waals surface area contributed by atoms with Gasteiger partial charge in [-0.2, -0.15) is 0 Å². The summed E-state index contributed by atoms with van der Waals surface area (Å²) in [5.41, 5.74) is 2.21. The molecule has 3 nitrogen and oxygen atoms in total. The number of aryl methyl sites for hydroxylation is 1. The molecule has 1 aromatic rings. The number of rotatable bonds is 3. The summed E-state index contributed by atoms with van der Waals surface area (Å²) < 4.78 is 0. The fraction of sp³-hybridized carbons (Fsp3) is 0.438. The Morgan fingerprint density at radius 1 is 1.26 bits per heavy atom. The Morgan fingerprint density at radius 2 is 1.95 bits per heavy atom. The van der Waals surface area contributed by atoms with E-state index in [2.05, 4.69) is 5.32 Å². The van der Waals surface area contributed by atoms with Gasteiger partial charge in [0, 0.05) is 6.08 Å². The van der Waals surface area contributed by atoms with E-state index >= 15 is 0 Å². The molecule has 1 amide bonds. The number of carbonyl (C=O) groups is 1. The SMILES string of the molecule is Cc1ccc(/C=C/C(=O)N[C@H]2CCCC[C@@H]2O)cc1. The van der Waals surface area contributed by atoms with Crippen molar-refractivity contribution in [2.45, 2.75) is 44.8 Å². The quantitative estimate of drug-likeness (QED) is 0.819. The first-order chi connectivity index (χ1) is 9.15. The lowest BCUT2D eigenvalue weighted by atomic mass is 9.92. The minimum atomic E-state index is -0.398. The van der Waals surface area contributed by atoms with Crippen molar-refractivity contribution in [3.05, 3.63) is 41.5 Å². The number of amides is 1. The number of hydrogen-bond donors (Lipinski definition) is 2. The summed E-state index contributed by atoms with van der Waals surface area (Å²) in [7, 11) is 0. The summed E-state index contributed by atoms with van der Waals surface area (Å²) in [5, 5.41) is 12.7. The van der Waals surface area contributed by atoms with Crippen LogP contribution in [0.4, 0.5) is 0 Å². The van der Waals surface area contributed by atoms with Gasteiger partial charge in [0.1, 0.15) is 0 Å². The molecule has 0 saturated heterocycles. The van der Waals surface area contributed by atoms with Crippen molar-refractivity contribution in [2.24, 2.45) is 0 Å². The lowest BCUT2D eigenvalue weighted by molar-refractivity contribution is -0.118. The number of nitrogens with one attached hydrogen (secondary N) is 1. The highest BCUT2D eigenvalue weighted by atomic mass is 16.3. The minimum absolute atomic E-state index is 0.0936. The molecule has 0 unspecified atom stereocenters. The van der Waals surface area contributed by atoms with Crippen molar-refractivity contribution < 1.29 is 9.90 Å². The van der Waals surface area contributed by atoms with Gasteiger partial charge >= 0.3 is 0 Å². The lowest BCUT2D eigenvalue weighted by Gasteiger charge is -2.27. The molecule has 0 bridgehead atoms. The molecule has 102 valence electrons. The second-order valence-corrected chi connectivity index (χ2v) is 5.21. The Labute approximate surface area is 114 Å². The van der Waals surface area contributed by atoms with Gasteiger partial charge < -0.3 is 10.4 Å². The summed E-state index contributed by atoms with van der Waals surface area (Å²) >= 11 is 0. The third-order valence-corrected chi connectivity index (χ3v) is 3.56. The lowest BCUT2D eigenvalue weighted by Crippen LogP contribution is -2.44. The molecule has 2 atom stereocenters. The number of aliphatic hydroxyl groups excluding tert-OH is 1. The molecule has 1 fully saturated rings. The normalized spacial score (nSPS) is 23.5. The van der Waals surface area contributed by atoms with Crippen LogP contribution in [0.15, 0.2) is 30.3 Å². The molecule has 3 heteroatoms. The first-order valence-electron chi connectivity index (χ1n) is 6.88. The van der Waals surface area contributed by atoms with Gasteiger partial charge in [-0.15, -0.1) is 0 Å². The van der Waals surface area contributed by atoms with Crippen LogP contribution < -0.4 is 5.32 Å². The Morgan fingerprint density at radius 3 is 2.63 bits per heavy atom. The van der Waals surface area contributed by atoms with E-state index in [9.17, 15) is 9.90 Å². The Balaban J connectivity index is 1.88. The van der Waals surface area contributed by atoms with Gasteiger partial charge in [0.05, 0.1) is 12.1 Å². The summed E-state index contributed by atoms with van der Waals surface area (Å²) in [6.07, 6.45) is 6.70. The summed E-state index contributed by atoms with van der Waals surface area (Å²) in [4.78, 5) is 11.8. The molecule has 1 saturated carbocycles. The Bertz CT molecular complexity index is 450. The van der Waals surface area contributed by atoms with Gasteiger partial charge in [0.2, 0.25) is 5.91 Å². The van der Waals surface area contributed by atoms with Crippen LogP contribution in [-0.4, -0.2) is 23.2 Å². The van der Waals surface area contributed by atoms with Gasteiger partial charge in [0.25, 0.3) is 0 Å². The zero-order chi connectivity index (χ0) is 13.7. The second-order valence-electron chi connectivity index (χ2n) is 5.21. The summed E-state index contributed by atoms with van der Waals surface area (Å²) in [5.74, 6) is -0.133. The smallest absolute Gasteiger partial charge is 0.244 e. The number of aliphatic hydroxyl groups is 1. The van der Waals surface area contributed by atoms with Crippen LogP contribution in [0.1, 0.15) is 36.8 Å². The molecule has 0 heterocycles. The maximum absolute atomic E-state index is 11.8. The van der Waals surface area contributed by atoms with E-state index in [0.29, 0.717) is 0 Å². The van der Waals surface area contributed by atoms with Crippen LogP contribution >= 0.6 is 0 Å². The molecule has 1 aliphatic carbocycles. The number of carbonyl (C=O) groups excluding carboxylic acids is 1. The summed E-state index contributed by atoms with van der Waals surface area (Å²) in [6.45, 7) is 2.03. The highest BCUT2D eigenvalue weighted by Crippen LogP contribution is 2.18. The van der Waals surface area contributed by atoms with Crippen molar-refractivity contribution in [2.75, 3.05) is 0 Å². The maximum Gasteiger partial charge on any atom is 0.244 e. The van der Waals surface area contributed by atoms with Crippen molar-refractivity contribution in [1.82, 2.24) is 5.32 Å². The first-order valence-corrected chi connectivity index (χ1v) is 6.88. The molecule has 2 N–H and O–H groups in total. The van der Waals surface area contributed by atoms with E-state index in [1.54, 1.807) is 6.08 Å². The van der Waals surface area contributed by atoms with Crippen molar-refractivity contribution in [3.63, 3.8) is 0 Å². The molecule has 2 rings (SSSR count). The third-order valence-electron chi connectivity index (χ3n) is 3.56. The third kappa shape index (κ3) is 4.21. The molecule has 0 aliphatic heterocycles. The van der Waals surface area contributed by atoms with E-state index in [4.69, 9.17) is 0 Å². The molecule has 1 aliphatic rings. The number of hydrogen-bond acceptors (Lipinski definition) is 2. The highest BCUT2D eigenvalue weighted by Gasteiger charge is 2.23. The maximum atomic E-state index is 11.8. The Kier molecular flexibility index (Phi) is 4.74. The van der Waals surface area contributed by atoms with Gasteiger partial charge in [0.15, 0.2) is 0 Å². The molecule has 19 heavy (non-hydrogen) atoms. The molecule has 0 spiro atoms. The van der Waals surface area contributed by atoms with Crippen molar-refractivity contribution >= 4 is 12.0 Å². The van der Waals surface area contributed by atoms with Gasteiger partial charge in [-0.1, -0.05) is 42.7 Å². The van der Waals surface area contributed by atoms with Gasteiger partial charge in [-0.05, 0) is 31.4 Å². The zero-order valence-corrected chi connectivity index (χ0v) is 11.3. The average Bonchev–Trinajstić information content (AvgIpc) is 2.41. The van der Waals surface area contributed by atoms with E-state index in [1.165, 1.54) is 11.6 Å². The topological polar surface area (TPSA) is 49.3 Å². The zero-order valence-electron chi connectivity index (χ0n) is 11.3. The van der Waals surface area contributed by atoms with Crippen molar-refractivity contribution in [1.29, 1.82) is 0 Å². The van der Waals surface area contributed by atoms with E-state index in [-0.39, 0.29) is 11.9 Å². The largest absolute Gasteiger partial charge is 0.391 e. The van der Waals surface area contributed by atoms with E-state index in [1.807, 2.05) is 31.2 Å². The molecular weight excluding hydrogens is 238 g/mol. The molecule has 1 aromatic carbocycles. The van der Waals surface area contributed by atoms with Crippen LogP contribution in [0.2, 0.25) is 0 Å². The van der Waals surface area contributed by atoms with Crippen LogP contribution in [0.3, 0.4) is 0 Å². The van der Waals surface area contributed by atoms with Crippen LogP contribution in [0.25, 0.3) is 6.08 Å². The fourth-order valence-corrected chi connectivity index (χ4v) is 2.36. The molecular formula is C16H21NO2. The van der Waals surface area contributed by atoms with Gasteiger partial charge in [-0.25, -0.2) is 0 Å². The predicted molar refractivity (Wildman–Crippen MR) is 76.6 cm³/mol. The fourth-order valence-electron chi connectivity index (χ4n) is 2.36. The van der Waals surface area contributed by atoms with Crippen LogP contribution in [-0.2, 0) is 4.79 Å². The minimum Gasteiger partial charge on any atom is -0.391 e. The molecule has 0 radical (unpaired) electrons. The standard InChI is InChI=1S/C16H21NO2/c1-12-6-8-13(9-7-12)10-11-16(19)17-14-4-2-3-5-15(14)18/h6-11,14-15,18H,2-5H2,1H3,(H,17,19)/b11-10+/t14-,15-/m0/s1. The first kappa shape index (κ1) is 13.8. The summed E-state index contributed by atoms with van der Waals surface area (Å²) in [6, 6.07) is 7.90. The molecule has 0 aromatic heterocycles. The number of benzene rings is 1. The monoisotopic (exact) mass is 259 g/mol. The highest BCUT2D eigenvalue weighted by molar-refractivity contribution is 5.91. The Hall–Kier alpha value is -1.61. The second kappa shape index (κ2) is 6.53. The predicted octanol–water partition coefficient (Wildman–Crippen LogP) is 2.43. The van der Waals surface area contributed by atoms with E-state index in [0.717, 1.165) is 31.2 Å². The van der Waals surface area contributed by atoms with Crippen LogP contribution in [0.5, 0.6) is 0 Å². The van der Waals surface area contributed by atoms with Crippen LogP contribution in [0, 0.1) is 6.92 Å². The van der Waals surface area contributed by atoms with Crippen molar-refractivity contribution in [3.8, 4) is 0 Å². The van der Waals surface area contributed by atoms with E-state index < -0.39 is 6.10 Å². The van der Waals surface area contributed by atoms with Gasteiger partial charge in [-0.3, -0.25) is 4.79 Å².